The summed E-state index contributed by atoms with van der Waals surface area (Å²) < 4.78 is 1.94. The molecular formula is C14H18N2O. The summed E-state index contributed by atoms with van der Waals surface area (Å²) in [7, 11) is 0. The van der Waals surface area contributed by atoms with Crippen molar-refractivity contribution >= 4 is 0 Å². The van der Waals surface area contributed by atoms with Gasteiger partial charge in [0, 0.05) is 5.69 Å². The van der Waals surface area contributed by atoms with Gasteiger partial charge in [0.05, 0.1) is 18.0 Å². The number of hydrogen-bond donors (Lipinski definition) is 1. The molecule has 2 rings (SSSR count). The largest absolute Gasteiger partial charge is 0.390 e. The summed E-state index contributed by atoms with van der Waals surface area (Å²) in [6, 6.07) is 10.1. The lowest BCUT2D eigenvalue weighted by Crippen LogP contribution is -2.05. The molecule has 0 radical (unpaired) electrons. The highest BCUT2D eigenvalue weighted by Crippen LogP contribution is 2.22. The first-order valence-electron chi connectivity index (χ1n) is 5.89. The van der Waals surface area contributed by atoms with Crippen molar-refractivity contribution in [3.8, 4) is 5.69 Å². The first-order chi connectivity index (χ1) is 8.13. The molecule has 3 heteroatoms. The summed E-state index contributed by atoms with van der Waals surface area (Å²) in [6.45, 7) is 6.32. The molecule has 2 aromatic rings. The summed E-state index contributed by atoms with van der Waals surface area (Å²) in [5.74, 6) is 0.377. The van der Waals surface area contributed by atoms with Crippen LogP contribution < -0.4 is 0 Å². The average molecular weight is 230 g/mol. The zero-order valence-corrected chi connectivity index (χ0v) is 10.5. The number of nitrogens with zero attached hydrogens (tertiary/aromatic N) is 2. The number of rotatable bonds is 3. The topological polar surface area (TPSA) is 38.0 Å². The summed E-state index contributed by atoms with van der Waals surface area (Å²) in [4.78, 5) is 0. The van der Waals surface area contributed by atoms with E-state index in [1.54, 1.807) is 0 Å². The second-order valence-electron chi connectivity index (χ2n) is 4.57. The van der Waals surface area contributed by atoms with E-state index in [-0.39, 0.29) is 6.61 Å². The van der Waals surface area contributed by atoms with Crippen LogP contribution in [0.15, 0.2) is 30.3 Å². The number of aryl methyl sites for hydroxylation is 1. The lowest BCUT2D eigenvalue weighted by molar-refractivity contribution is 0.276. The molecule has 0 saturated heterocycles. The monoisotopic (exact) mass is 230 g/mol. The van der Waals surface area contributed by atoms with Crippen LogP contribution in [-0.2, 0) is 6.61 Å². The molecule has 0 spiro atoms. The van der Waals surface area contributed by atoms with Gasteiger partial charge in [0.2, 0.25) is 0 Å². The first kappa shape index (κ1) is 11.9. The molecule has 0 aliphatic heterocycles. The van der Waals surface area contributed by atoms with Gasteiger partial charge in [-0.2, -0.15) is 5.10 Å². The van der Waals surface area contributed by atoms with Crippen molar-refractivity contribution in [1.82, 2.24) is 9.78 Å². The molecule has 0 bridgehead atoms. The number of para-hydroxylation sites is 1. The van der Waals surface area contributed by atoms with Gasteiger partial charge in [-0.15, -0.1) is 0 Å². The maximum absolute atomic E-state index is 9.20. The number of aromatic nitrogens is 2. The van der Waals surface area contributed by atoms with Gasteiger partial charge < -0.3 is 5.11 Å². The van der Waals surface area contributed by atoms with Gasteiger partial charge in [0.1, 0.15) is 0 Å². The number of aliphatic hydroxyl groups excluding tert-OH is 1. The maximum atomic E-state index is 9.20. The Labute approximate surface area is 102 Å². The Morgan fingerprint density at radius 3 is 2.59 bits per heavy atom. The van der Waals surface area contributed by atoms with Crippen molar-refractivity contribution in [3.05, 3.63) is 47.3 Å². The van der Waals surface area contributed by atoms with E-state index < -0.39 is 0 Å². The Hall–Kier alpha value is -1.61. The number of aliphatic hydroxyl groups is 1. The maximum Gasteiger partial charge on any atom is 0.0886 e. The van der Waals surface area contributed by atoms with E-state index in [4.69, 9.17) is 0 Å². The fraction of sp³-hybridized carbons (Fsp3) is 0.357. The van der Waals surface area contributed by atoms with Crippen LogP contribution in [0.2, 0.25) is 0 Å². The second-order valence-corrected chi connectivity index (χ2v) is 4.57. The molecule has 1 N–H and O–H groups in total. The van der Waals surface area contributed by atoms with E-state index >= 15 is 0 Å². The summed E-state index contributed by atoms with van der Waals surface area (Å²) in [5.41, 5.74) is 4.11. The van der Waals surface area contributed by atoms with Gasteiger partial charge in [-0.3, -0.25) is 0 Å². The van der Waals surface area contributed by atoms with Crippen LogP contribution in [0, 0.1) is 6.92 Å². The molecule has 0 fully saturated rings. The van der Waals surface area contributed by atoms with Gasteiger partial charge in [-0.25, -0.2) is 4.68 Å². The third-order valence-electron chi connectivity index (χ3n) is 2.88. The minimum absolute atomic E-state index is 0.0153. The van der Waals surface area contributed by atoms with Crippen LogP contribution >= 0.6 is 0 Å². The molecule has 0 saturated carbocycles. The van der Waals surface area contributed by atoms with Gasteiger partial charge in [-0.1, -0.05) is 32.0 Å². The van der Waals surface area contributed by atoms with E-state index in [0.29, 0.717) is 5.92 Å². The van der Waals surface area contributed by atoms with Crippen molar-refractivity contribution in [2.75, 3.05) is 0 Å². The Bertz CT molecular complexity index is 515. The summed E-state index contributed by atoms with van der Waals surface area (Å²) in [5, 5.41) is 13.6. The third-order valence-corrected chi connectivity index (χ3v) is 2.88. The minimum atomic E-state index is -0.0153. The third kappa shape index (κ3) is 2.24. The van der Waals surface area contributed by atoms with E-state index in [1.807, 2.05) is 22.9 Å². The lowest BCUT2D eigenvalue weighted by atomic mass is 10.1. The predicted molar refractivity (Wildman–Crippen MR) is 68.3 cm³/mol. The van der Waals surface area contributed by atoms with E-state index in [9.17, 15) is 5.11 Å². The van der Waals surface area contributed by atoms with Gasteiger partial charge >= 0.3 is 0 Å². The molecule has 0 aliphatic carbocycles. The van der Waals surface area contributed by atoms with Crippen LogP contribution in [0.3, 0.4) is 0 Å². The first-order valence-corrected chi connectivity index (χ1v) is 5.89. The molecule has 17 heavy (non-hydrogen) atoms. The van der Waals surface area contributed by atoms with Crippen LogP contribution in [0.25, 0.3) is 5.69 Å². The number of hydrogen-bond acceptors (Lipinski definition) is 2. The molecule has 1 aromatic carbocycles. The van der Waals surface area contributed by atoms with Crippen molar-refractivity contribution in [2.45, 2.75) is 33.3 Å². The zero-order chi connectivity index (χ0) is 12.4. The van der Waals surface area contributed by atoms with Gasteiger partial charge in [-0.05, 0) is 30.5 Å². The molecule has 1 heterocycles. The molecule has 0 atom stereocenters. The van der Waals surface area contributed by atoms with E-state index in [0.717, 1.165) is 17.1 Å². The SMILES string of the molecule is Cc1ccccc1-n1nc(CO)cc1C(C)C. The van der Waals surface area contributed by atoms with Crippen LogP contribution in [0.5, 0.6) is 0 Å². The quantitative estimate of drug-likeness (QED) is 0.880. The molecular weight excluding hydrogens is 212 g/mol. The minimum Gasteiger partial charge on any atom is -0.390 e. The normalized spacial score (nSPS) is 11.1. The van der Waals surface area contributed by atoms with Gasteiger partial charge in [0.25, 0.3) is 0 Å². The Kier molecular flexibility index (Phi) is 3.29. The highest BCUT2D eigenvalue weighted by Gasteiger charge is 2.13. The van der Waals surface area contributed by atoms with Crippen molar-refractivity contribution in [1.29, 1.82) is 0 Å². The predicted octanol–water partition coefficient (Wildman–Crippen LogP) is 2.80. The Balaban J connectivity index is 2.58. The van der Waals surface area contributed by atoms with Crippen molar-refractivity contribution < 1.29 is 5.11 Å². The molecule has 3 nitrogen and oxygen atoms in total. The Morgan fingerprint density at radius 1 is 1.29 bits per heavy atom. The average Bonchev–Trinajstić information content (AvgIpc) is 2.73. The second kappa shape index (κ2) is 4.72. The van der Waals surface area contributed by atoms with Crippen molar-refractivity contribution in [3.63, 3.8) is 0 Å². The molecule has 90 valence electrons. The van der Waals surface area contributed by atoms with Gasteiger partial charge in [0.15, 0.2) is 0 Å². The van der Waals surface area contributed by atoms with E-state index in [2.05, 4.69) is 38.0 Å². The molecule has 0 unspecified atom stereocenters. The van der Waals surface area contributed by atoms with Crippen LogP contribution in [-0.4, -0.2) is 14.9 Å². The number of benzene rings is 1. The summed E-state index contributed by atoms with van der Waals surface area (Å²) >= 11 is 0. The highest BCUT2D eigenvalue weighted by molar-refractivity contribution is 5.41. The Morgan fingerprint density at radius 2 is 2.00 bits per heavy atom. The summed E-state index contributed by atoms with van der Waals surface area (Å²) in [6.07, 6.45) is 0. The fourth-order valence-electron chi connectivity index (χ4n) is 1.93. The van der Waals surface area contributed by atoms with Crippen LogP contribution in [0.1, 0.15) is 36.7 Å². The van der Waals surface area contributed by atoms with Crippen molar-refractivity contribution in [2.24, 2.45) is 0 Å². The highest BCUT2D eigenvalue weighted by atomic mass is 16.3. The standard InChI is InChI=1S/C14H18N2O/c1-10(2)14-8-12(9-17)15-16(14)13-7-5-4-6-11(13)3/h4-8,10,17H,9H2,1-3H3. The van der Waals surface area contributed by atoms with E-state index in [1.165, 1.54) is 5.56 Å². The fourth-order valence-corrected chi connectivity index (χ4v) is 1.93. The molecule has 1 aromatic heterocycles. The molecule has 0 amide bonds. The molecule has 0 aliphatic rings. The zero-order valence-electron chi connectivity index (χ0n) is 10.5. The lowest BCUT2D eigenvalue weighted by Gasteiger charge is -2.12. The van der Waals surface area contributed by atoms with Crippen LogP contribution in [0.4, 0.5) is 0 Å². The smallest absolute Gasteiger partial charge is 0.0886 e.